The van der Waals surface area contributed by atoms with Crippen molar-refractivity contribution in [1.29, 1.82) is 0 Å². The number of hydrogen-bond acceptors (Lipinski definition) is 5. The van der Waals surface area contributed by atoms with E-state index in [0.29, 0.717) is 5.69 Å². The van der Waals surface area contributed by atoms with E-state index in [1.165, 1.54) is 12.1 Å². The van der Waals surface area contributed by atoms with Crippen molar-refractivity contribution in [1.82, 2.24) is 19.7 Å². The molecule has 0 aliphatic carbocycles. The largest absolute Gasteiger partial charge is 0.307 e. The molecule has 3 aromatic rings. The number of amides is 1. The molecule has 0 aliphatic heterocycles. The lowest BCUT2D eigenvalue weighted by molar-refractivity contribution is -0.117. The maximum Gasteiger partial charge on any atom is 0.275 e. The Bertz CT molecular complexity index is 1100. The first-order valence-corrected chi connectivity index (χ1v) is 8.73. The normalized spacial score (nSPS) is 11.2. The summed E-state index contributed by atoms with van der Waals surface area (Å²) in [5.41, 5.74) is -0.288. The number of fused-ring (bicyclic) bond motifs is 1. The Hall–Kier alpha value is -2.75. The number of anilines is 1. The summed E-state index contributed by atoms with van der Waals surface area (Å²) in [5, 5.41) is 6.64. The van der Waals surface area contributed by atoms with Gasteiger partial charge in [0.05, 0.1) is 21.7 Å². The van der Waals surface area contributed by atoms with Gasteiger partial charge in [-0.05, 0) is 34.0 Å². The Kier molecular flexibility index (Phi) is 5.26. The van der Waals surface area contributed by atoms with Gasteiger partial charge >= 0.3 is 0 Å². The van der Waals surface area contributed by atoms with Crippen LogP contribution in [0.25, 0.3) is 10.8 Å². The summed E-state index contributed by atoms with van der Waals surface area (Å²) in [5.74, 6) is -2.60. The van der Waals surface area contributed by atoms with E-state index in [0.717, 1.165) is 17.2 Å². The first-order valence-electron chi connectivity index (χ1n) is 7.93. The first kappa shape index (κ1) is 19.0. The molecule has 0 fully saturated rings. The van der Waals surface area contributed by atoms with Crippen molar-refractivity contribution in [3.8, 4) is 0 Å². The summed E-state index contributed by atoms with van der Waals surface area (Å²) in [6.07, 6.45) is 1.98. The third-order valence-corrected chi connectivity index (χ3v) is 4.42. The highest BCUT2D eigenvalue weighted by Crippen LogP contribution is 2.28. The SMILES string of the molecule is CC(C)c1nn(CC(=O)Nc2ncncc2F)c(=O)c2ccc(Br)c(F)c12. The monoisotopic (exact) mass is 437 g/mol. The highest BCUT2D eigenvalue weighted by molar-refractivity contribution is 9.10. The van der Waals surface area contributed by atoms with Gasteiger partial charge in [-0.2, -0.15) is 5.10 Å². The molecule has 10 heteroatoms. The number of hydrogen-bond donors (Lipinski definition) is 1. The zero-order valence-corrected chi connectivity index (χ0v) is 15.9. The number of aromatic nitrogens is 4. The molecule has 1 N–H and O–H groups in total. The Balaban J connectivity index is 2.04. The standard InChI is InChI=1S/C17H14BrF2N5O2/c1-8(2)15-13-9(3-4-10(18)14(13)20)17(27)25(24-15)6-12(26)23-16-11(19)5-21-7-22-16/h3-5,7-8H,6H2,1-2H3,(H,21,22,23,26). The van der Waals surface area contributed by atoms with Gasteiger partial charge in [0.25, 0.3) is 5.56 Å². The minimum Gasteiger partial charge on any atom is -0.307 e. The molecule has 3 rings (SSSR count). The molecule has 0 saturated carbocycles. The Morgan fingerprint density at radius 2 is 2.07 bits per heavy atom. The van der Waals surface area contributed by atoms with Gasteiger partial charge in [-0.3, -0.25) is 9.59 Å². The lowest BCUT2D eigenvalue weighted by atomic mass is 10.0. The predicted octanol–water partition coefficient (Wildman–Crippen LogP) is 2.99. The van der Waals surface area contributed by atoms with Crippen molar-refractivity contribution in [2.75, 3.05) is 5.32 Å². The number of benzene rings is 1. The zero-order chi connectivity index (χ0) is 19.7. The molecule has 7 nitrogen and oxygen atoms in total. The molecule has 0 spiro atoms. The molecule has 2 aromatic heterocycles. The van der Waals surface area contributed by atoms with Gasteiger partial charge in [0, 0.05) is 5.39 Å². The second-order valence-electron chi connectivity index (χ2n) is 6.05. The molecular weight excluding hydrogens is 424 g/mol. The summed E-state index contributed by atoms with van der Waals surface area (Å²) in [6, 6.07) is 2.89. The van der Waals surface area contributed by atoms with Crippen LogP contribution < -0.4 is 10.9 Å². The van der Waals surface area contributed by atoms with Crippen molar-refractivity contribution in [2.45, 2.75) is 26.3 Å². The van der Waals surface area contributed by atoms with Gasteiger partial charge in [-0.1, -0.05) is 13.8 Å². The number of carbonyl (C=O) groups excluding carboxylic acids is 1. The molecule has 1 aromatic carbocycles. The predicted molar refractivity (Wildman–Crippen MR) is 98.4 cm³/mol. The van der Waals surface area contributed by atoms with E-state index >= 15 is 0 Å². The van der Waals surface area contributed by atoms with E-state index in [-0.39, 0.29) is 27.0 Å². The molecule has 2 heterocycles. The van der Waals surface area contributed by atoms with E-state index in [1.807, 2.05) is 0 Å². The van der Waals surface area contributed by atoms with Crippen LogP contribution in [-0.4, -0.2) is 25.7 Å². The number of nitrogens with one attached hydrogen (secondary N) is 1. The smallest absolute Gasteiger partial charge is 0.275 e. The molecule has 0 atom stereocenters. The van der Waals surface area contributed by atoms with Crippen LogP contribution in [0.15, 0.2) is 33.9 Å². The molecule has 27 heavy (non-hydrogen) atoms. The van der Waals surface area contributed by atoms with Crippen LogP contribution in [0.2, 0.25) is 0 Å². The highest BCUT2D eigenvalue weighted by atomic mass is 79.9. The Morgan fingerprint density at radius 3 is 2.74 bits per heavy atom. The number of halogens is 3. The maximum absolute atomic E-state index is 14.6. The molecule has 0 saturated heterocycles. The minimum absolute atomic E-state index is 0.107. The Labute approximate surface area is 160 Å². The molecule has 0 radical (unpaired) electrons. The quantitative estimate of drug-likeness (QED) is 0.677. The molecule has 0 unspecified atom stereocenters. The van der Waals surface area contributed by atoms with E-state index in [9.17, 15) is 18.4 Å². The minimum atomic E-state index is -0.806. The topological polar surface area (TPSA) is 89.8 Å². The Morgan fingerprint density at radius 1 is 1.33 bits per heavy atom. The molecule has 1 amide bonds. The third-order valence-electron chi connectivity index (χ3n) is 3.81. The molecular formula is C17H14BrF2N5O2. The van der Waals surface area contributed by atoms with Crippen LogP contribution in [0, 0.1) is 11.6 Å². The van der Waals surface area contributed by atoms with Gasteiger partial charge in [0.1, 0.15) is 18.7 Å². The van der Waals surface area contributed by atoms with Crippen LogP contribution in [0.1, 0.15) is 25.5 Å². The van der Waals surface area contributed by atoms with E-state index in [1.54, 1.807) is 13.8 Å². The van der Waals surface area contributed by atoms with Crippen molar-refractivity contribution < 1.29 is 13.6 Å². The van der Waals surface area contributed by atoms with Crippen LogP contribution in [-0.2, 0) is 11.3 Å². The average molecular weight is 438 g/mol. The van der Waals surface area contributed by atoms with Crippen LogP contribution in [0.5, 0.6) is 0 Å². The van der Waals surface area contributed by atoms with Crippen LogP contribution in [0.3, 0.4) is 0 Å². The summed E-state index contributed by atoms with van der Waals surface area (Å²) in [6.45, 7) is 3.12. The van der Waals surface area contributed by atoms with Crippen molar-refractivity contribution >= 4 is 38.4 Å². The second-order valence-corrected chi connectivity index (χ2v) is 6.91. The fraction of sp³-hybridized carbons (Fsp3) is 0.235. The zero-order valence-electron chi connectivity index (χ0n) is 14.3. The van der Waals surface area contributed by atoms with Crippen molar-refractivity contribution in [3.05, 3.63) is 56.8 Å². The average Bonchev–Trinajstić information content (AvgIpc) is 2.62. The van der Waals surface area contributed by atoms with E-state index in [2.05, 4.69) is 36.3 Å². The van der Waals surface area contributed by atoms with E-state index in [4.69, 9.17) is 0 Å². The van der Waals surface area contributed by atoms with Gasteiger partial charge in [-0.15, -0.1) is 0 Å². The van der Waals surface area contributed by atoms with Crippen molar-refractivity contribution in [3.63, 3.8) is 0 Å². The van der Waals surface area contributed by atoms with Gasteiger partial charge in [0.2, 0.25) is 5.91 Å². The van der Waals surface area contributed by atoms with Crippen molar-refractivity contribution in [2.24, 2.45) is 0 Å². The fourth-order valence-corrected chi connectivity index (χ4v) is 2.90. The first-order chi connectivity index (χ1) is 12.8. The second kappa shape index (κ2) is 7.47. The molecule has 0 bridgehead atoms. The number of rotatable bonds is 4. The van der Waals surface area contributed by atoms with Gasteiger partial charge < -0.3 is 5.32 Å². The maximum atomic E-state index is 14.6. The summed E-state index contributed by atoms with van der Waals surface area (Å²) in [7, 11) is 0. The third kappa shape index (κ3) is 3.70. The lowest BCUT2D eigenvalue weighted by Crippen LogP contribution is -2.31. The summed E-state index contributed by atoms with van der Waals surface area (Å²) < 4.78 is 29.3. The number of carbonyl (C=O) groups is 1. The van der Waals surface area contributed by atoms with Gasteiger partial charge in [-0.25, -0.2) is 23.4 Å². The van der Waals surface area contributed by atoms with Gasteiger partial charge in [0.15, 0.2) is 11.6 Å². The molecule has 0 aliphatic rings. The number of nitrogens with zero attached hydrogens (tertiary/aromatic N) is 4. The van der Waals surface area contributed by atoms with Crippen LogP contribution >= 0.6 is 15.9 Å². The summed E-state index contributed by atoms with van der Waals surface area (Å²) in [4.78, 5) is 32.0. The summed E-state index contributed by atoms with van der Waals surface area (Å²) >= 11 is 3.10. The lowest BCUT2D eigenvalue weighted by Gasteiger charge is -2.14. The highest BCUT2D eigenvalue weighted by Gasteiger charge is 2.20. The van der Waals surface area contributed by atoms with E-state index < -0.39 is 29.6 Å². The fourth-order valence-electron chi connectivity index (χ4n) is 2.57. The van der Waals surface area contributed by atoms with Crippen LogP contribution in [0.4, 0.5) is 14.6 Å². The molecule has 140 valence electrons.